The second-order valence-corrected chi connectivity index (χ2v) is 12.4. The van der Waals surface area contributed by atoms with Crippen molar-refractivity contribution in [2.45, 2.75) is 73.7 Å². The highest BCUT2D eigenvalue weighted by molar-refractivity contribution is 7.89. The maximum absolute atomic E-state index is 13.6. The highest BCUT2D eigenvalue weighted by atomic mass is 35.5. The van der Waals surface area contributed by atoms with Crippen LogP contribution in [-0.4, -0.2) is 46.0 Å². The normalized spacial score (nSPS) is 24.5. The van der Waals surface area contributed by atoms with E-state index in [1.807, 2.05) is 0 Å². The summed E-state index contributed by atoms with van der Waals surface area (Å²) in [4.78, 5) is 7.48. The Hall–Kier alpha value is -2.40. The Balaban J connectivity index is 1.33. The first-order valence-electron chi connectivity index (χ1n) is 12.3. The number of aromatic amines is 1. The second-order valence-electron chi connectivity index (χ2n) is 10.2. The Morgan fingerprint density at radius 1 is 1.00 bits per heavy atom. The number of halogens is 4. The molecule has 6 rings (SSSR count). The number of alkyl halides is 3. The Kier molecular flexibility index (Phi) is 5.94. The van der Waals surface area contributed by atoms with Gasteiger partial charge in [-0.25, -0.2) is 13.4 Å². The van der Waals surface area contributed by atoms with E-state index in [0.29, 0.717) is 53.9 Å². The van der Waals surface area contributed by atoms with E-state index >= 15 is 0 Å². The minimum absolute atomic E-state index is 0.0246. The average Bonchev–Trinajstić information content (AvgIpc) is 3.49. The molecule has 2 saturated heterocycles. The first kappa shape index (κ1) is 24.9. The van der Waals surface area contributed by atoms with Crippen LogP contribution in [0.25, 0.3) is 22.6 Å². The number of aliphatic hydroxyl groups excluding tert-OH is 1. The number of benzene rings is 2. The van der Waals surface area contributed by atoms with Crippen molar-refractivity contribution >= 4 is 21.6 Å². The summed E-state index contributed by atoms with van der Waals surface area (Å²) in [5.41, 5.74) is 1.30. The van der Waals surface area contributed by atoms with Crippen molar-refractivity contribution in [2.24, 2.45) is 0 Å². The van der Waals surface area contributed by atoms with Gasteiger partial charge < -0.3 is 10.1 Å². The van der Waals surface area contributed by atoms with Crippen molar-refractivity contribution in [1.82, 2.24) is 14.3 Å². The van der Waals surface area contributed by atoms with E-state index < -0.39 is 27.9 Å². The molecule has 6 nitrogen and oxygen atoms in total. The number of H-pyrrole nitrogens is 1. The van der Waals surface area contributed by atoms with Gasteiger partial charge in [-0.2, -0.15) is 17.5 Å². The standard InChI is InChI=1S/C26H25ClF3N3O3S/c27-22-8-4-16(10-24(22)37(35,36)33-17-5-6-18(33)12-19(34)11-17)25-31-13-23(32-25)15-3-7-21(26(28,29)30)20(9-15)14-1-2-14/h3-4,7-10,13-14,17-19,34H,1-2,5-6,11-12H2,(H,31,32)/t17-,18?,19+/m0/s1. The molecule has 3 aromatic rings. The third-order valence-corrected chi connectivity index (χ3v) is 10.1. The maximum Gasteiger partial charge on any atom is 0.416 e. The number of imidazole rings is 1. The Morgan fingerprint density at radius 3 is 2.32 bits per heavy atom. The zero-order chi connectivity index (χ0) is 26.1. The first-order chi connectivity index (χ1) is 17.5. The summed E-state index contributed by atoms with van der Waals surface area (Å²) in [7, 11) is -3.91. The molecule has 1 aromatic heterocycles. The van der Waals surface area contributed by atoms with Gasteiger partial charge in [0.05, 0.1) is 28.6 Å². The van der Waals surface area contributed by atoms with Gasteiger partial charge in [-0.15, -0.1) is 0 Å². The minimum Gasteiger partial charge on any atom is -0.393 e. The molecule has 2 aliphatic heterocycles. The number of hydrogen-bond acceptors (Lipinski definition) is 4. The number of nitrogens with one attached hydrogen (secondary N) is 1. The molecule has 1 aliphatic carbocycles. The van der Waals surface area contributed by atoms with Gasteiger partial charge in [-0.05, 0) is 85.9 Å². The number of sulfonamides is 1. The molecule has 37 heavy (non-hydrogen) atoms. The third kappa shape index (κ3) is 4.47. The topological polar surface area (TPSA) is 86.3 Å². The lowest BCUT2D eigenvalue weighted by molar-refractivity contribution is -0.138. The van der Waals surface area contributed by atoms with Crippen LogP contribution in [0, 0.1) is 0 Å². The van der Waals surface area contributed by atoms with Crippen molar-refractivity contribution in [3.63, 3.8) is 0 Å². The van der Waals surface area contributed by atoms with E-state index in [1.165, 1.54) is 28.7 Å². The summed E-state index contributed by atoms with van der Waals surface area (Å²) in [5.74, 6) is 0.294. The van der Waals surface area contributed by atoms with E-state index in [-0.39, 0.29) is 27.9 Å². The predicted octanol–water partition coefficient (Wildman–Crippen LogP) is 5.97. The molecule has 3 heterocycles. The molecule has 2 bridgehead atoms. The van der Waals surface area contributed by atoms with Gasteiger partial charge in [0.1, 0.15) is 10.7 Å². The predicted molar refractivity (Wildman–Crippen MR) is 133 cm³/mol. The molecule has 3 aliphatic rings. The summed E-state index contributed by atoms with van der Waals surface area (Å²) in [5, 5.41) is 10.2. The van der Waals surface area contributed by atoms with Gasteiger partial charge in [0.15, 0.2) is 0 Å². The third-order valence-electron chi connectivity index (χ3n) is 7.66. The van der Waals surface area contributed by atoms with Crippen LogP contribution in [0.5, 0.6) is 0 Å². The highest BCUT2D eigenvalue weighted by Crippen LogP contribution is 2.47. The monoisotopic (exact) mass is 551 g/mol. The van der Waals surface area contributed by atoms with Crippen LogP contribution in [0.1, 0.15) is 55.6 Å². The quantitative estimate of drug-likeness (QED) is 0.409. The summed E-state index contributed by atoms with van der Waals surface area (Å²) in [6.45, 7) is 0. The van der Waals surface area contributed by atoms with Gasteiger partial charge >= 0.3 is 6.18 Å². The van der Waals surface area contributed by atoms with Crippen molar-refractivity contribution in [3.05, 3.63) is 58.7 Å². The average molecular weight is 552 g/mol. The summed E-state index contributed by atoms with van der Waals surface area (Å²) < 4.78 is 69.2. The Labute approximate surface area is 217 Å². The molecule has 3 fully saturated rings. The molecule has 3 atom stereocenters. The van der Waals surface area contributed by atoms with Crippen LogP contribution < -0.4 is 0 Å². The number of piperidine rings is 1. The van der Waals surface area contributed by atoms with Crippen LogP contribution in [0.15, 0.2) is 47.5 Å². The first-order valence-corrected chi connectivity index (χ1v) is 14.1. The zero-order valence-electron chi connectivity index (χ0n) is 19.7. The highest BCUT2D eigenvalue weighted by Gasteiger charge is 2.47. The molecule has 0 radical (unpaired) electrons. The molecular formula is C26H25ClF3N3O3S. The number of aromatic nitrogens is 2. The fourth-order valence-corrected chi connectivity index (χ4v) is 8.19. The lowest BCUT2D eigenvalue weighted by Gasteiger charge is -2.36. The van der Waals surface area contributed by atoms with E-state index in [0.717, 1.165) is 18.9 Å². The number of hydrogen-bond donors (Lipinski definition) is 2. The van der Waals surface area contributed by atoms with Crippen LogP contribution >= 0.6 is 11.6 Å². The van der Waals surface area contributed by atoms with E-state index in [4.69, 9.17) is 11.6 Å². The zero-order valence-corrected chi connectivity index (χ0v) is 21.2. The number of rotatable bonds is 5. The fourth-order valence-electron chi connectivity index (χ4n) is 5.79. The van der Waals surface area contributed by atoms with Gasteiger partial charge in [-0.1, -0.05) is 17.7 Å². The van der Waals surface area contributed by atoms with Crippen molar-refractivity contribution in [3.8, 4) is 22.6 Å². The molecule has 0 spiro atoms. The molecular weight excluding hydrogens is 527 g/mol. The molecule has 0 amide bonds. The van der Waals surface area contributed by atoms with Crippen LogP contribution in [-0.2, 0) is 16.2 Å². The number of aliphatic hydroxyl groups is 1. The van der Waals surface area contributed by atoms with Gasteiger partial charge in [-0.3, -0.25) is 0 Å². The lowest BCUT2D eigenvalue weighted by Crippen LogP contribution is -2.47. The lowest BCUT2D eigenvalue weighted by atomic mass is 9.98. The van der Waals surface area contributed by atoms with Gasteiger partial charge in [0, 0.05) is 17.6 Å². The Bertz CT molecular complexity index is 1460. The molecule has 2 N–H and O–H groups in total. The van der Waals surface area contributed by atoms with Crippen LogP contribution in [0.4, 0.5) is 13.2 Å². The summed E-state index contributed by atoms with van der Waals surface area (Å²) in [6.07, 6.45) is 0.316. The molecule has 1 unspecified atom stereocenters. The molecule has 196 valence electrons. The van der Waals surface area contributed by atoms with Gasteiger partial charge in [0.2, 0.25) is 10.0 Å². The molecule has 2 aromatic carbocycles. The summed E-state index contributed by atoms with van der Waals surface area (Å²) >= 11 is 6.36. The van der Waals surface area contributed by atoms with Crippen molar-refractivity contribution < 1.29 is 26.7 Å². The minimum atomic E-state index is -4.41. The van der Waals surface area contributed by atoms with Gasteiger partial charge in [0.25, 0.3) is 0 Å². The maximum atomic E-state index is 13.6. The van der Waals surface area contributed by atoms with Crippen LogP contribution in [0.2, 0.25) is 5.02 Å². The Morgan fingerprint density at radius 2 is 1.68 bits per heavy atom. The fraction of sp³-hybridized carbons (Fsp3) is 0.423. The van der Waals surface area contributed by atoms with E-state index in [2.05, 4.69) is 9.97 Å². The largest absolute Gasteiger partial charge is 0.416 e. The van der Waals surface area contributed by atoms with E-state index in [1.54, 1.807) is 12.1 Å². The molecule has 1 saturated carbocycles. The number of fused-ring (bicyclic) bond motifs is 2. The van der Waals surface area contributed by atoms with Crippen molar-refractivity contribution in [2.75, 3.05) is 0 Å². The smallest absolute Gasteiger partial charge is 0.393 e. The SMILES string of the molecule is O=S(=O)(c1cc(-c2ncc(-c3ccc(C(F)(F)F)c(C4CC4)c3)[nH]2)ccc1Cl)N1C2CC[C@H]1C[C@@H](O)C2. The molecule has 11 heteroatoms. The second kappa shape index (κ2) is 8.83. The van der Waals surface area contributed by atoms with Crippen LogP contribution in [0.3, 0.4) is 0 Å². The number of nitrogens with zero attached hydrogens (tertiary/aromatic N) is 2. The van der Waals surface area contributed by atoms with Crippen molar-refractivity contribution in [1.29, 1.82) is 0 Å². The summed E-state index contributed by atoms with van der Waals surface area (Å²) in [6, 6.07) is 8.23. The van der Waals surface area contributed by atoms with E-state index in [9.17, 15) is 26.7 Å².